The summed E-state index contributed by atoms with van der Waals surface area (Å²) in [7, 11) is 0. The van der Waals surface area contributed by atoms with Crippen LogP contribution in [0.4, 0.5) is 5.82 Å². The highest BCUT2D eigenvalue weighted by Gasteiger charge is 2.33. The summed E-state index contributed by atoms with van der Waals surface area (Å²) in [5.74, 6) is -0.623. The Morgan fingerprint density at radius 1 is 1.44 bits per heavy atom. The van der Waals surface area contributed by atoms with Gasteiger partial charge in [-0.05, 0) is 19.3 Å². The van der Waals surface area contributed by atoms with Gasteiger partial charge in [0.2, 0.25) is 0 Å². The molecule has 86 valence electrons. The standard InChI is InChI=1S/C10H13N3O3/c14-9(15)7-4-12-8(5-11-7)13-6-10(16)2-1-3-10/h4-5,16H,1-3,6H2,(H,12,13)(H,14,15). The van der Waals surface area contributed by atoms with Gasteiger partial charge in [-0.1, -0.05) is 0 Å². The summed E-state index contributed by atoms with van der Waals surface area (Å²) in [6.07, 6.45) is 5.17. The van der Waals surface area contributed by atoms with E-state index in [4.69, 9.17) is 5.11 Å². The molecule has 0 radical (unpaired) electrons. The monoisotopic (exact) mass is 223 g/mol. The van der Waals surface area contributed by atoms with Gasteiger partial charge in [0.1, 0.15) is 5.82 Å². The number of hydrogen-bond donors (Lipinski definition) is 3. The number of hydrogen-bond acceptors (Lipinski definition) is 5. The van der Waals surface area contributed by atoms with Gasteiger partial charge in [0.05, 0.1) is 18.0 Å². The van der Waals surface area contributed by atoms with Gasteiger partial charge in [-0.15, -0.1) is 0 Å². The van der Waals surface area contributed by atoms with Crippen LogP contribution in [0.1, 0.15) is 29.8 Å². The second kappa shape index (κ2) is 4.05. The minimum Gasteiger partial charge on any atom is -0.476 e. The number of nitrogens with one attached hydrogen (secondary N) is 1. The molecule has 0 bridgehead atoms. The van der Waals surface area contributed by atoms with Crippen molar-refractivity contribution in [1.29, 1.82) is 0 Å². The lowest BCUT2D eigenvalue weighted by molar-refractivity contribution is -0.0202. The van der Waals surface area contributed by atoms with Crippen molar-refractivity contribution in [3.05, 3.63) is 18.1 Å². The molecule has 1 aromatic heterocycles. The second-order valence-electron chi connectivity index (χ2n) is 4.02. The van der Waals surface area contributed by atoms with Gasteiger partial charge in [0, 0.05) is 6.54 Å². The number of carbonyl (C=O) groups is 1. The average Bonchev–Trinajstić information content (AvgIpc) is 2.24. The first-order valence-electron chi connectivity index (χ1n) is 5.11. The van der Waals surface area contributed by atoms with E-state index < -0.39 is 11.6 Å². The van der Waals surface area contributed by atoms with Crippen LogP contribution in [-0.4, -0.2) is 38.3 Å². The average molecular weight is 223 g/mol. The van der Waals surface area contributed by atoms with Crippen molar-refractivity contribution < 1.29 is 15.0 Å². The zero-order valence-corrected chi connectivity index (χ0v) is 8.68. The number of aliphatic hydroxyl groups is 1. The van der Waals surface area contributed by atoms with Crippen molar-refractivity contribution in [3.8, 4) is 0 Å². The predicted molar refractivity (Wildman–Crippen MR) is 56.3 cm³/mol. The van der Waals surface area contributed by atoms with E-state index in [0.717, 1.165) is 19.3 Å². The maximum Gasteiger partial charge on any atom is 0.356 e. The zero-order chi connectivity index (χ0) is 11.6. The molecule has 0 amide bonds. The molecular weight excluding hydrogens is 210 g/mol. The van der Waals surface area contributed by atoms with E-state index in [9.17, 15) is 9.90 Å². The van der Waals surface area contributed by atoms with E-state index in [0.29, 0.717) is 12.4 Å². The number of rotatable bonds is 4. The summed E-state index contributed by atoms with van der Waals surface area (Å²) in [6.45, 7) is 0.425. The lowest BCUT2D eigenvalue weighted by Gasteiger charge is -2.36. The van der Waals surface area contributed by atoms with Gasteiger partial charge in [0.25, 0.3) is 0 Å². The minimum atomic E-state index is -1.10. The van der Waals surface area contributed by atoms with Crippen LogP contribution in [0.2, 0.25) is 0 Å². The van der Waals surface area contributed by atoms with Crippen LogP contribution in [0.3, 0.4) is 0 Å². The minimum absolute atomic E-state index is 0.0899. The van der Waals surface area contributed by atoms with E-state index in [1.165, 1.54) is 12.4 Å². The molecule has 1 heterocycles. The van der Waals surface area contributed by atoms with Crippen molar-refractivity contribution in [2.75, 3.05) is 11.9 Å². The van der Waals surface area contributed by atoms with E-state index in [-0.39, 0.29) is 5.69 Å². The maximum atomic E-state index is 10.5. The Morgan fingerprint density at radius 2 is 2.19 bits per heavy atom. The van der Waals surface area contributed by atoms with Crippen molar-refractivity contribution in [2.45, 2.75) is 24.9 Å². The highest BCUT2D eigenvalue weighted by Crippen LogP contribution is 2.31. The number of anilines is 1. The van der Waals surface area contributed by atoms with Gasteiger partial charge in [0.15, 0.2) is 5.69 Å². The van der Waals surface area contributed by atoms with Crippen molar-refractivity contribution in [1.82, 2.24) is 9.97 Å². The first-order chi connectivity index (χ1) is 7.59. The Kier molecular flexibility index (Phi) is 2.74. The third-order valence-electron chi connectivity index (χ3n) is 2.75. The van der Waals surface area contributed by atoms with Gasteiger partial charge < -0.3 is 15.5 Å². The molecular formula is C10H13N3O3. The number of carboxylic acid groups (broad SMARTS) is 1. The summed E-state index contributed by atoms with van der Waals surface area (Å²) < 4.78 is 0. The lowest BCUT2D eigenvalue weighted by Crippen LogP contribution is -2.43. The fraction of sp³-hybridized carbons (Fsp3) is 0.500. The van der Waals surface area contributed by atoms with Crippen LogP contribution >= 0.6 is 0 Å². The summed E-state index contributed by atoms with van der Waals surface area (Å²) in [4.78, 5) is 18.1. The predicted octanol–water partition coefficient (Wildman–Crippen LogP) is 0.502. The van der Waals surface area contributed by atoms with Crippen molar-refractivity contribution in [2.24, 2.45) is 0 Å². The Labute approximate surface area is 92.4 Å². The molecule has 0 aliphatic heterocycles. The molecule has 1 aliphatic rings. The summed E-state index contributed by atoms with van der Waals surface area (Å²) in [5, 5.41) is 21.4. The summed E-state index contributed by atoms with van der Waals surface area (Å²) >= 11 is 0. The van der Waals surface area contributed by atoms with Crippen molar-refractivity contribution in [3.63, 3.8) is 0 Å². The highest BCUT2D eigenvalue weighted by molar-refractivity contribution is 5.84. The smallest absolute Gasteiger partial charge is 0.356 e. The molecule has 1 saturated carbocycles. The third kappa shape index (κ3) is 2.27. The van der Waals surface area contributed by atoms with Crippen LogP contribution < -0.4 is 5.32 Å². The molecule has 6 heteroatoms. The largest absolute Gasteiger partial charge is 0.476 e. The Bertz CT molecular complexity index is 387. The molecule has 1 fully saturated rings. The number of aromatic carboxylic acids is 1. The van der Waals surface area contributed by atoms with Gasteiger partial charge in [-0.25, -0.2) is 14.8 Å². The Hall–Kier alpha value is -1.69. The normalized spacial score (nSPS) is 17.6. The van der Waals surface area contributed by atoms with Gasteiger partial charge in [-0.3, -0.25) is 0 Å². The lowest BCUT2D eigenvalue weighted by atomic mass is 9.80. The molecule has 0 aromatic carbocycles. The van der Waals surface area contributed by atoms with Crippen LogP contribution in [0.15, 0.2) is 12.4 Å². The quantitative estimate of drug-likeness (QED) is 0.688. The molecule has 16 heavy (non-hydrogen) atoms. The third-order valence-corrected chi connectivity index (χ3v) is 2.75. The van der Waals surface area contributed by atoms with E-state index in [1.54, 1.807) is 0 Å². The molecule has 6 nitrogen and oxygen atoms in total. The SMILES string of the molecule is O=C(O)c1cnc(NCC2(O)CCC2)cn1. The molecule has 0 atom stereocenters. The fourth-order valence-electron chi connectivity index (χ4n) is 1.55. The number of nitrogens with zero attached hydrogens (tertiary/aromatic N) is 2. The van der Waals surface area contributed by atoms with Crippen LogP contribution in [0, 0.1) is 0 Å². The van der Waals surface area contributed by atoms with Crippen molar-refractivity contribution >= 4 is 11.8 Å². The highest BCUT2D eigenvalue weighted by atomic mass is 16.4. The van der Waals surface area contributed by atoms with Crippen LogP contribution in [-0.2, 0) is 0 Å². The molecule has 2 rings (SSSR count). The van der Waals surface area contributed by atoms with Crippen LogP contribution in [0.25, 0.3) is 0 Å². The zero-order valence-electron chi connectivity index (χ0n) is 8.68. The second-order valence-corrected chi connectivity index (χ2v) is 4.02. The molecule has 0 saturated heterocycles. The fourth-order valence-corrected chi connectivity index (χ4v) is 1.55. The molecule has 0 spiro atoms. The number of aromatic nitrogens is 2. The van der Waals surface area contributed by atoms with E-state index in [2.05, 4.69) is 15.3 Å². The van der Waals surface area contributed by atoms with Crippen LogP contribution in [0.5, 0.6) is 0 Å². The summed E-state index contributed by atoms with van der Waals surface area (Å²) in [5.41, 5.74) is -0.722. The number of carboxylic acids is 1. The molecule has 3 N–H and O–H groups in total. The van der Waals surface area contributed by atoms with Gasteiger partial charge in [-0.2, -0.15) is 0 Å². The van der Waals surface area contributed by atoms with E-state index >= 15 is 0 Å². The summed E-state index contributed by atoms with van der Waals surface area (Å²) in [6, 6.07) is 0. The molecule has 0 unspecified atom stereocenters. The Balaban J connectivity index is 1.92. The molecule has 1 aromatic rings. The Morgan fingerprint density at radius 3 is 2.62 bits per heavy atom. The first kappa shape index (κ1) is 10.8. The van der Waals surface area contributed by atoms with Gasteiger partial charge >= 0.3 is 5.97 Å². The van der Waals surface area contributed by atoms with E-state index in [1.807, 2.05) is 0 Å². The first-order valence-corrected chi connectivity index (χ1v) is 5.11. The maximum absolute atomic E-state index is 10.5. The topological polar surface area (TPSA) is 95.3 Å². The molecule has 1 aliphatic carbocycles.